The van der Waals surface area contributed by atoms with Crippen LogP contribution in [0.15, 0.2) is 74.4 Å². The number of likely N-dealkylation sites (N-methyl/N-ethyl adjacent to an activating group) is 2. The Morgan fingerprint density at radius 3 is 1.15 bits per heavy atom. The number of hydrogen-bond acceptors (Lipinski definition) is 8. The number of carbonyl (C=O) groups is 6. The number of carbonyl (C=O) groups excluding carboxylic acids is 6. The molecule has 71 heavy (non-hydrogen) atoms. The van der Waals surface area contributed by atoms with Gasteiger partial charge in [-0.15, -0.1) is 0 Å². The monoisotopic (exact) mass is 991 g/mol. The third-order valence-corrected chi connectivity index (χ3v) is 14.1. The van der Waals surface area contributed by atoms with E-state index in [9.17, 15) is 28.8 Å². The molecule has 0 aromatic carbocycles. The van der Waals surface area contributed by atoms with Gasteiger partial charge in [0.15, 0.2) is 0 Å². The Labute approximate surface area is 431 Å². The standard InChI is InChI=1S/C11H19NO.2C10H17NO.C10H16O2.C9H15NO.C9H14O2/c1-9(2)11(13)12(3)10-7-5-4-6-8-10;1-8(2)10(12)11-9-6-4-3-5-7-9;1-3-10(12)11(2)9-7-5-4-6-8-9;1-8(2)10(11)12-9-6-4-3-5-7-9;1-2-9(11)10-8-6-4-3-5-7-8;1-2-9(10)11-8-6-4-3-5-7-8/h10H,1,4-8H2,2-3H3;9H,1,3-7H2,2H3,(H,11,12);3,9H,1,4-8H2,2H3;9H,1,3-7H2,2H3;2,8H,1,3-7H2,(H,10,11);2,8H,1,3-7H2. The van der Waals surface area contributed by atoms with E-state index in [1.807, 2.05) is 23.9 Å². The zero-order chi connectivity index (χ0) is 53.0. The lowest BCUT2D eigenvalue weighted by molar-refractivity contribution is -0.146. The number of rotatable bonds is 12. The van der Waals surface area contributed by atoms with E-state index in [-0.39, 0.29) is 47.8 Å². The molecule has 6 aliphatic rings. The fourth-order valence-electron chi connectivity index (χ4n) is 9.62. The Morgan fingerprint density at radius 2 is 0.803 bits per heavy atom. The van der Waals surface area contributed by atoms with Crippen molar-refractivity contribution in [3.63, 3.8) is 0 Å². The van der Waals surface area contributed by atoms with Gasteiger partial charge in [0.05, 0.1) is 0 Å². The summed E-state index contributed by atoms with van der Waals surface area (Å²) in [5.74, 6) is -0.369. The quantitative estimate of drug-likeness (QED) is 0.145. The maximum Gasteiger partial charge on any atom is 0.333 e. The Morgan fingerprint density at radius 1 is 0.437 bits per heavy atom. The van der Waals surface area contributed by atoms with Crippen LogP contribution < -0.4 is 10.6 Å². The van der Waals surface area contributed by atoms with Crippen LogP contribution >= 0.6 is 0 Å². The molecule has 0 aromatic heterocycles. The highest BCUT2D eigenvalue weighted by molar-refractivity contribution is 5.92. The second-order valence-electron chi connectivity index (χ2n) is 20.4. The Kier molecular flexibility index (Phi) is 35.2. The van der Waals surface area contributed by atoms with Crippen molar-refractivity contribution in [2.75, 3.05) is 14.1 Å². The molecule has 0 unspecified atom stereocenters. The predicted octanol–water partition coefficient (Wildman–Crippen LogP) is 12.4. The molecule has 6 rings (SSSR count). The summed E-state index contributed by atoms with van der Waals surface area (Å²) in [7, 11) is 3.77. The van der Waals surface area contributed by atoms with Gasteiger partial charge < -0.3 is 29.9 Å². The van der Waals surface area contributed by atoms with Crippen LogP contribution in [0.1, 0.15) is 213 Å². The van der Waals surface area contributed by atoms with E-state index in [0.717, 1.165) is 77.0 Å². The van der Waals surface area contributed by atoms with Gasteiger partial charge in [0, 0.05) is 61.1 Å². The highest BCUT2D eigenvalue weighted by Crippen LogP contribution is 2.25. The van der Waals surface area contributed by atoms with Crippen LogP contribution in [0, 0.1) is 0 Å². The van der Waals surface area contributed by atoms with E-state index < -0.39 is 0 Å². The van der Waals surface area contributed by atoms with Gasteiger partial charge in [-0.1, -0.05) is 129 Å². The van der Waals surface area contributed by atoms with Crippen molar-refractivity contribution in [3.8, 4) is 0 Å². The first-order chi connectivity index (χ1) is 33.9. The van der Waals surface area contributed by atoms with E-state index in [2.05, 4.69) is 50.1 Å². The van der Waals surface area contributed by atoms with Gasteiger partial charge in [-0.2, -0.15) is 0 Å². The molecule has 0 bridgehead atoms. The molecule has 6 saturated carbocycles. The smallest absolute Gasteiger partial charge is 0.333 e. The predicted molar refractivity (Wildman–Crippen MR) is 290 cm³/mol. The fraction of sp³-hybridized carbons (Fsp3) is 0.695. The summed E-state index contributed by atoms with van der Waals surface area (Å²) in [5, 5.41) is 5.89. The summed E-state index contributed by atoms with van der Waals surface area (Å²) in [6.45, 7) is 26.3. The lowest BCUT2D eigenvalue weighted by atomic mass is 9.94. The van der Waals surface area contributed by atoms with Crippen LogP contribution in [0.3, 0.4) is 0 Å². The summed E-state index contributed by atoms with van der Waals surface area (Å²) < 4.78 is 10.3. The molecule has 6 aliphatic carbocycles. The molecule has 4 amide bonds. The third-order valence-electron chi connectivity index (χ3n) is 14.1. The number of ether oxygens (including phenoxy) is 2. The van der Waals surface area contributed by atoms with Crippen molar-refractivity contribution in [2.45, 2.75) is 250 Å². The molecule has 12 heteroatoms. The SMILES string of the molecule is C=C(C)C(=O)N(C)C1CCCCC1.C=C(C)C(=O)NC1CCCCC1.C=C(C)C(=O)OC1CCCCC1.C=CC(=O)N(C)C1CCCCC1.C=CC(=O)NC1CCCCC1.C=CC(=O)OC1CCCCC1. The van der Waals surface area contributed by atoms with Gasteiger partial charge in [0.1, 0.15) is 12.2 Å². The number of nitrogens with zero attached hydrogens (tertiary/aromatic N) is 2. The molecule has 0 aliphatic heterocycles. The van der Waals surface area contributed by atoms with Crippen LogP contribution in [0.2, 0.25) is 0 Å². The molecular formula is C59H98N4O8. The van der Waals surface area contributed by atoms with Crippen LogP contribution in [-0.2, 0) is 38.2 Å². The highest BCUT2D eigenvalue weighted by Gasteiger charge is 2.23. The van der Waals surface area contributed by atoms with Crippen molar-refractivity contribution in [1.29, 1.82) is 0 Å². The van der Waals surface area contributed by atoms with Gasteiger partial charge in [-0.3, -0.25) is 19.2 Å². The summed E-state index contributed by atoms with van der Waals surface area (Å²) in [6.07, 6.45) is 40.3. The summed E-state index contributed by atoms with van der Waals surface area (Å²) in [5.41, 5.74) is 1.76. The molecule has 0 spiro atoms. The molecule has 0 atom stereocenters. The lowest BCUT2D eigenvalue weighted by Gasteiger charge is -2.31. The lowest BCUT2D eigenvalue weighted by Crippen LogP contribution is -2.38. The molecule has 2 N–H and O–H groups in total. The average molecular weight is 991 g/mol. The summed E-state index contributed by atoms with van der Waals surface area (Å²) in [4.78, 5) is 70.4. The average Bonchev–Trinajstić information content (AvgIpc) is 3.40. The zero-order valence-corrected chi connectivity index (χ0v) is 45.3. The molecule has 402 valence electrons. The van der Waals surface area contributed by atoms with Crippen molar-refractivity contribution in [3.05, 3.63) is 74.4 Å². The van der Waals surface area contributed by atoms with Crippen molar-refractivity contribution in [2.24, 2.45) is 0 Å². The van der Waals surface area contributed by atoms with Crippen molar-refractivity contribution in [1.82, 2.24) is 20.4 Å². The third kappa shape index (κ3) is 30.0. The maximum atomic E-state index is 11.6. The zero-order valence-electron chi connectivity index (χ0n) is 45.3. The topological polar surface area (TPSA) is 151 Å². The second kappa shape index (κ2) is 38.9. The largest absolute Gasteiger partial charge is 0.459 e. The first-order valence-corrected chi connectivity index (χ1v) is 27.3. The molecular weight excluding hydrogens is 893 g/mol. The number of nitrogens with one attached hydrogen (secondary N) is 2. The first kappa shape index (κ1) is 64.3. The molecule has 0 saturated heterocycles. The van der Waals surface area contributed by atoms with Gasteiger partial charge in [0.25, 0.3) is 0 Å². The normalized spacial score (nSPS) is 18.8. The Bertz CT molecular complexity index is 1570. The van der Waals surface area contributed by atoms with Crippen LogP contribution in [0.5, 0.6) is 0 Å². The first-order valence-electron chi connectivity index (χ1n) is 27.3. The number of hydrogen-bond donors (Lipinski definition) is 2. The minimum Gasteiger partial charge on any atom is -0.459 e. The summed E-state index contributed by atoms with van der Waals surface area (Å²) >= 11 is 0. The molecule has 12 nitrogen and oxygen atoms in total. The van der Waals surface area contributed by atoms with E-state index in [0.29, 0.717) is 40.9 Å². The van der Waals surface area contributed by atoms with Crippen molar-refractivity contribution >= 4 is 35.6 Å². The van der Waals surface area contributed by atoms with Gasteiger partial charge >= 0.3 is 11.9 Å². The highest BCUT2D eigenvalue weighted by atomic mass is 16.5. The molecule has 6 fully saturated rings. The van der Waals surface area contributed by atoms with E-state index in [4.69, 9.17) is 9.47 Å². The van der Waals surface area contributed by atoms with Crippen LogP contribution in [0.25, 0.3) is 0 Å². The molecule has 0 aromatic rings. The van der Waals surface area contributed by atoms with Gasteiger partial charge in [-0.05, 0) is 136 Å². The van der Waals surface area contributed by atoms with Crippen molar-refractivity contribution < 1.29 is 38.2 Å². The molecule has 0 radical (unpaired) electrons. The molecule has 0 heterocycles. The Balaban J connectivity index is 0.000000426. The number of amides is 4. The van der Waals surface area contributed by atoms with E-state index in [1.165, 1.54) is 134 Å². The number of esters is 2. The van der Waals surface area contributed by atoms with Gasteiger partial charge in [0.2, 0.25) is 23.6 Å². The minimum absolute atomic E-state index is 0.0156. The van der Waals surface area contributed by atoms with E-state index in [1.54, 1.807) is 20.8 Å². The minimum atomic E-state index is -0.281. The maximum absolute atomic E-state index is 11.6. The van der Waals surface area contributed by atoms with E-state index >= 15 is 0 Å². The van der Waals surface area contributed by atoms with Gasteiger partial charge in [-0.25, -0.2) is 9.59 Å². The van der Waals surface area contributed by atoms with Crippen LogP contribution in [-0.4, -0.2) is 95.8 Å². The Hall–Kier alpha value is -4.74. The van der Waals surface area contributed by atoms with Crippen LogP contribution in [0.4, 0.5) is 0 Å². The second-order valence-corrected chi connectivity index (χ2v) is 20.4. The fourth-order valence-corrected chi connectivity index (χ4v) is 9.62. The summed E-state index contributed by atoms with van der Waals surface area (Å²) in [6, 6.07) is 1.74.